The third-order valence-electron chi connectivity index (χ3n) is 4.79. The van der Waals surface area contributed by atoms with Gasteiger partial charge in [-0.2, -0.15) is 0 Å². The molecule has 3 rings (SSSR count). The highest BCUT2D eigenvalue weighted by molar-refractivity contribution is 8.00. The maximum atomic E-state index is 12.6. The first-order valence-corrected chi connectivity index (χ1v) is 11.6. The molecule has 1 heterocycles. The number of carbonyl (C=O) groups is 2. The number of aryl methyl sites for hydroxylation is 1. The van der Waals surface area contributed by atoms with Crippen molar-refractivity contribution in [2.75, 3.05) is 17.6 Å². The number of amides is 2. The summed E-state index contributed by atoms with van der Waals surface area (Å²) in [7, 11) is 0. The van der Waals surface area contributed by atoms with Crippen LogP contribution in [0.1, 0.15) is 54.4 Å². The average Bonchev–Trinajstić information content (AvgIpc) is 3.19. The number of aromatic nitrogens is 2. The van der Waals surface area contributed by atoms with E-state index < -0.39 is 0 Å². The minimum absolute atomic E-state index is 0.0162. The van der Waals surface area contributed by atoms with Gasteiger partial charge in [0.2, 0.25) is 11.0 Å². The van der Waals surface area contributed by atoms with Gasteiger partial charge in [0.25, 0.3) is 5.91 Å². The predicted molar refractivity (Wildman–Crippen MR) is 114 cm³/mol. The molecule has 28 heavy (non-hydrogen) atoms. The lowest BCUT2D eigenvalue weighted by atomic mass is 9.89. The van der Waals surface area contributed by atoms with Gasteiger partial charge >= 0.3 is 0 Å². The molecule has 1 fully saturated rings. The second-order valence-electron chi connectivity index (χ2n) is 6.90. The topological polar surface area (TPSA) is 84.0 Å². The number of hydrogen-bond donors (Lipinski definition) is 2. The van der Waals surface area contributed by atoms with Crippen LogP contribution in [-0.2, 0) is 11.2 Å². The predicted octanol–water partition coefficient (Wildman–Crippen LogP) is 4.14. The van der Waals surface area contributed by atoms with Gasteiger partial charge in [0.05, 0.1) is 11.3 Å². The molecule has 0 aliphatic heterocycles. The molecule has 2 amide bonds. The minimum Gasteiger partial charge on any atom is -0.355 e. The molecule has 0 unspecified atom stereocenters. The molecule has 1 aromatic heterocycles. The monoisotopic (exact) mass is 418 g/mol. The zero-order valence-electron chi connectivity index (χ0n) is 16.1. The minimum atomic E-state index is -0.232. The van der Waals surface area contributed by atoms with Crippen LogP contribution in [0.4, 0.5) is 5.13 Å². The van der Waals surface area contributed by atoms with Crippen molar-refractivity contribution >= 4 is 40.0 Å². The van der Waals surface area contributed by atoms with Crippen LogP contribution in [0, 0.1) is 5.92 Å². The van der Waals surface area contributed by atoms with Crippen LogP contribution >= 0.6 is 23.1 Å². The van der Waals surface area contributed by atoms with Crippen LogP contribution in [0.15, 0.2) is 29.2 Å². The molecule has 8 heteroatoms. The standard InChI is InChI=1S/C20H26N4O2S2/c1-2-18-23-24-20(28-18)22-19(26)15-10-6-7-11-16(15)27-13-17(25)21-12-14-8-4-3-5-9-14/h6-7,10-11,14H,2-5,8-9,12-13H2,1H3,(H,21,25)(H,22,24,26). The lowest BCUT2D eigenvalue weighted by Gasteiger charge is -2.21. The van der Waals surface area contributed by atoms with E-state index in [1.807, 2.05) is 25.1 Å². The number of thioether (sulfide) groups is 1. The van der Waals surface area contributed by atoms with E-state index in [4.69, 9.17) is 0 Å². The summed E-state index contributed by atoms with van der Waals surface area (Å²) in [5, 5.41) is 15.2. The molecule has 2 aromatic rings. The lowest BCUT2D eigenvalue weighted by Crippen LogP contribution is -2.31. The highest BCUT2D eigenvalue weighted by Crippen LogP contribution is 2.25. The van der Waals surface area contributed by atoms with Crippen molar-refractivity contribution in [2.24, 2.45) is 5.92 Å². The SMILES string of the molecule is CCc1nnc(NC(=O)c2ccccc2SCC(=O)NCC2CCCCC2)s1. The Morgan fingerprint density at radius 1 is 1.18 bits per heavy atom. The number of rotatable bonds is 8. The van der Waals surface area contributed by atoms with Gasteiger partial charge in [-0.1, -0.05) is 49.7 Å². The number of benzene rings is 1. The Morgan fingerprint density at radius 3 is 2.71 bits per heavy atom. The molecule has 150 valence electrons. The second-order valence-corrected chi connectivity index (χ2v) is 8.98. The van der Waals surface area contributed by atoms with Gasteiger partial charge in [-0.05, 0) is 37.3 Å². The van der Waals surface area contributed by atoms with E-state index in [0.29, 0.717) is 22.4 Å². The van der Waals surface area contributed by atoms with E-state index in [9.17, 15) is 9.59 Å². The fourth-order valence-corrected chi connectivity index (χ4v) is 4.79. The largest absolute Gasteiger partial charge is 0.355 e. The van der Waals surface area contributed by atoms with E-state index in [1.54, 1.807) is 6.07 Å². The van der Waals surface area contributed by atoms with Crippen molar-refractivity contribution < 1.29 is 9.59 Å². The van der Waals surface area contributed by atoms with E-state index in [0.717, 1.165) is 22.9 Å². The van der Waals surface area contributed by atoms with Gasteiger partial charge in [0.1, 0.15) is 5.01 Å². The Balaban J connectivity index is 1.52. The molecule has 1 aliphatic rings. The van der Waals surface area contributed by atoms with Crippen molar-refractivity contribution in [3.63, 3.8) is 0 Å². The molecule has 6 nitrogen and oxygen atoms in total. The smallest absolute Gasteiger partial charge is 0.258 e. The van der Waals surface area contributed by atoms with Crippen LogP contribution in [-0.4, -0.2) is 34.3 Å². The van der Waals surface area contributed by atoms with Gasteiger partial charge in [-0.15, -0.1) is 22.0 Å². The number of nitrogens with zero attached hydrogens (tertiary/aromatic N) is 2. The number of carbonyl (C=O) groups excluding carboxylic acids is 2. The van der Waals surface area contributed by atoms with E-state index >= 15 is 0 Å². The summed E-state index contributed by atoms with van der Waals surface area (Å²) in [5.41, 5.74) is 0.542. The van der Waals surface area contributed by atoms with Crippen molar-refractivity contribution in [1.29, 1.82) is 0 Å². The summed E-state index contributed by atoms with van der Waals surface area (Å²) in [6, 6.07) is 7.32. The van der Waals surface area contributed by atoms with Gasteiger partial charge in [0, 0.05) is 11.4 Å². The lowest BCUT2D eigenvalue weighted by molar-refractivity contribution is -0.118. The normalized spacial score (nSPS) is 14.6. The molecule has 0 radical (unpaired) electrons. The average molecular weight is 419 g/mol. The maximum Gasteiger partial charge on any atom is 0.258 e. The highest BCUT2D eigenvalue weighted by Gasteiger charge is 2.16. The van der Waals surface area contributed by atoms with Crippen molar-refractivity contribution in [3.8, 4) is 0 Å². The molecule has 0 bridgehead atoms. The van der Waals surface area contributed by atoms with Crippen LogP contribution in [0.5, 0.6) is 0 Å². The van der Waals surface area contributed by atoms with Crippen LogP contribution in [0.25, 0.3) is 0 Å². The summed E-state index contributed by atoms with van der Waals surface area (Å²) in [6.07, 6.45) is 7.06. The Morgan fingerprint density at radius 2 is 1.96 bits per heavy atom. The third-order valence-corrected chi connectivity index (χ3v) is 6.85. The summed E-state index contributed by atoms with van der Waals surface area (Å²) >= 11 is 2.76. The molecular formula is C20H26N4O2S2. The van der Waals surface area contributed by atoms with E-state index in [-0.39, 0.29) is 11.8 Å². The number of hydrogen-bond acceptors (Lipinski definition) is 6. The first-order valence-electron chi connectivity index (χ1n) is 9.78. The van der Waals surface area contributed by atoms with E-state index in [1.165, 1.54) is 55.2 Å². The summed E-state index contributed by atoms with van der Waals surface area (Å²) in [4.78, 5) is 25.6. The summed E-state index contributed by atoms with van der Waals surface area (Å²) in [6.45, 7) is 2.76. The molecule has 0 saturated heterocycles. The third kappa shape index (κ3) is 6.04. The van der Waals surface area contributed by atoms with Gasteiger partial charge in [-0.3, -0.25) is 14.9 Å². The first kappa shape index (κ1) is 20.8. The Hall–Kier alpha value is -1.93. The number of nitrogens with one attached hydrogen (secondary N) is 2. The van der Waals surface area contributed by atoms with Gasteiger partial charge in [-0.25, -0.2) is 0 Å². The van der Waals surface area contributed by atoms with Crippen LogP contribution in [0.2, 0.25) is 0 Å². The summed E-state index contributed by atoms with van der Waals surface area (Å²) in [5.74, 6) is 0.697. The highest BCUT2D eigenvalue weighted by atomic mass is 32.2. The Kier molecular flexibility index (Phi) is 7.85. The van der Waals surface area contributed by atoms with Crippen molar-refractivity contribution in [1.82, 2.24) is 15.5 Å². The summed E-state index contributed by atoms with van der Waals surface area (Å²) < 4.78 is 0. The maximum absolute atomic E-state index is 12.6. The fraction of sp³-hybridized carbons (Fsp3) is 0.500. The molecule has 2 N–H and O–H groups in total. The van der Waals surface area contributed by atoms with Gasteiger partial charge in [0.15, 0.2) is 0 Å². The van der Waals surface area contributed by atoms with Crippen LogP contribution < -0.4 is 10.6 Å². The Bertz CT molecular complexity index is 803. The van der Waals surface area contributed by atoms with E-state index in [2.05, 4.69) is 20.8 Å². The van der Waals surface area contributed by atoms with Crippen molar-refractivity contribution in [3.05, 3.63) is 34.8 Å². The molecule has 0 atom stereocenters. The molecule has 1 aliphatic carbocycles. The molecule has 1 saturated carbocycles. The second kappa shape index (κ2) is 10.6. The van der Waals surface area contributed by atoms with Gasteiger partial charge < -0.3 is 5.32 Å². The quantitative estimate of drug-likeness (QED) is 0.630. The molecular weight excluding hydrogens is 392 g/mol. The van der Waals surface area contributed by atoms with Crippen molar-refractivity contribution in [2.45, 2.75) is 50.3 Å². The Labute approximate surface area is 173 Å². The zero-order chi connectivity index (χ0) is 19.8. The fourth-order valence-electron chi connectivity index (χ4n) is 3.24. The first-order chi connectivity index (χ1) is 13.7. The van der Waals surface area contributed by atoms with Crippen LogP contribution in [0.3, 0.4) is 0 Å². The molecule has 0 spiro atoms. The zero-order valence-corrected chi connectivity index (χ0v) is 17.7. The molecule has 1 aromatic carbocycles. The number of anilines is 1.